The first-order chi connectivity index (χ1) is 8.15. The fourth-order valence-electron chi connectivity index (χ4n) is 1.97. The van der Waals surface area contributed by atoms with Crippen LogP contribution in [0, 0.1) is 5.92 Å². The van der Waals surface area contributed by atoms with Crippen LogP contribution in [0.4, 0.5) is 5.13 Å². The first kappa shape index (κ1) is 12.6. The highest BCUT2D eigenvalue weighted by Gasteiger charge is 2.24. The molecule has 0 amide bonds. The van der Waals surface area contributed by atoms with E-state index in [-0.39, 0.29) is 5.75 Å². The SMILES string of the molecule is CC1CCCC1Nc1nnc(SCC(=O)O)s1. The molecule has 94 valence electrons. The van der Waals surface area contributed by atoms with Crippen molar-refractivity contribution in [3.63, 3.8) is 0 Å². The van der Waals surface area contributed by atoms with Gasteiger partial charge in [-0.25, -0.2) is 0 Å². The van der Waals surface area contributed by atoms with Crippen LogP contribution in [0.2, 0.25) is 0 Å². The number of aromatic nitrogens is 2. The standard InChI is InChI=1S/C10H15N3O2S2/c1-6-3-2-4-7(6)11-9-12-13-10(17-9)16-5-8(14)15/h6-7H,2-5H2,1H3,(H,11,12)(H,14,15). The summed E-state index contributed by atoms with van der Waals surface area (Å²) in [5.41, 5.74) is 0. The largest absolute Gasteiger partial charge is 0.481 e. The molecule has 2 atom stereocenters. The number of hydrogen-bond donors (Lipinski definition) is 2. The van der Waals surface area contributed by atoms with E-state index in [1.165, 1.54) is 42.4 Å². The van der Waals surface area contributed by atoms with Crippen molar-refractivity contribution in [2.75, 3.05) is 11.1 Å². The topological polar surface area (TPSA) is 75.1 Å². The Kier molecular flexibility index (Phi) is 4.22. The predicted molar refractivity (Wildman–Crippen MR) is 68.7 cm³/mol. The number of nitrogens with zero attached hydrogens (tertiary/aromatic N) is 2. The quantitative estimate of drug-likeness (QED) is 0.802. The van der Waals surface area contributed by atoms with Gasteiger partial charge in [-0.15, -0.1) is 10.2 Å². The summed E-state index contributed by atoms with van der Waals surface area (Å²) in [5.74, 6) is -0.118. The average Bonchev–Trinajstić information content (AvgIpc) is 2.87. The van der Waals surface area contributed by atoms with Crippen molar-refractivity contribution in [3.8, 4) is 0 Å². The van der Waals surface area contributed by atoms with Gasteiger partial charge in [0, 0.05) is 6.04 Å². The van der Waals surface area contributed by atoms with Crippen LogP contribution in [0.3, 0.4) is 0 Å². The number of aliphatic carboxylic acids is 1. The Morgan fingerprint density at radius 2 is 2.41 bits per heavy atom. The van der Waals surface area contributed by atoms with E-state index < -0.39 is 5.97 Å². The maximum Gasteiger partial charge on any atom is 0.313 e. The highest BCUT2D eigenvalue weighted by atomic mass is 32.2. The van der Waals surface area contributed by atoms with Gasteiger partial charge in [0.1, 0.15) is 0 Å². The molecule has 5 nitrogen and oxygen atoms in total. The van der Waals surface area contributed by atoms with Gasteiger partial charge in [-0.2, -0.15) is 0 Å². The highest BCUT2D eigenvalue weighted by molar-refractivity contribution is 8.01. The lowest BCUT2D eigenvalue weighted by atomic mass is 10.1. The van der Waals surface area contributed by atoms with Crippen molar-refractivity contribution in [2.45, 2.75) is 36.6 Å². The zero-order chi connectivity index (χ0) is 12.3. The summed E-state index contributed by atoms with van der Waals surface area (Å²) < 4.78 is 0.709. The summed E-state index contributed by atoms with van der Waals surface area (Å²) >= 11 is 2.64. The van der Waals surface area contributed by atoms with Gasteiger partial charge in [-0.3, -0.25) is 4.79 Å². The molecule has 1 aromatic heterocycles. The Morgan fingerprint density at radius 1 is 1.59 bits per heavy atom. The minimum absolute atomic E-state index is 0.0362. The van der Waals surface area contributed by atoms with Crippen LogP contribution in [0.25, 0.3) is 0 Å². The molecule has 1 heterocycles. The van der Waals surface area contributed by atoms with Crippen LogP contribution in [-0.2, 0) is 4.79 Å². The molecule has 1 fully saturated rings. The number of hydrogen-bond acceptors (Lipinski definition) is 6. The van der Waals surface area contributed by atoms with Crippen molar-refractivity contribution in [3.05, 3.63) is 0 Å². The average molecular weight is 273 g/mol. The van der Waals surface area contributed by atoms with E-state index in [1.54, 1.807) is 0 Å². The van der Waals surface area contributed by atoms with Crippen molar-refractivity contribution in [2.24, 2.45) is 5.92 Å². The zero-order valence-corrected chi connectivity index (χ0v) is 11.2. The second-order valence-electron chi connectivity index (χ2n) is 4.21. The summed E-state index contributed by atoms with van der Waals surface area (Å²) in [6.45, 7) is 2.24. The van der Waals surface area contributed by atoms with Gasteiger partial charge in [0.15, 0.2) is 4.34 Å². The Hall–Kier alpha value is -0.820. The molecule has 1 aromatic rings. The van der Waals surface area contributed by atoms with Gasteiger partial charge in [-0.05, 0) is 18.8 Å². The van der Waals surface area contributed by atoms with Crippen LogP contribution in [0.15, 0.2) is 4.34 Å². The zero-order valence-electron chi connectivity index (χ0n) is 9.55. The molecule has 0 aliphatic heterocycles. The lowest BCUT2D eigenvalue weighted by Gasteiger charge is -2.15. The predicted octanol–water partition coefficient (Wildman–Crippen LogP) is 2.32. The number of anilines is 1. The molecular weight excluding hydrogens is 258 g/mol. The van der Waals surface area contributed by atoms with Crippen LogP contribution < -0.4 is 5.32 Å². The van der Waals surface area contributed by atoms with Gasteiger partial charge in [0.25, 0.3) is 0 Å². The van der Waals surface area contributed by atoms with E-state index >= 15 is 0 Å². The molecular formula is C10H15N3O2S2. The third kappa shape index (κ3) is 3.57. The maximum absolute atomic E-state index is 10.4. The molecule has 17 heavy (non-hydrogen) atoms. The van der Waals surface area contributed by atoms with Crippen molar-refractivity contribution < 1.29 is 9.90 Å². The number of carbonyl (C=O) groups is 1. The molecule has 0 bridgehead atoms. The minimum atomic E-state index is -0.830. The maximum atomic E-state index is 10.4. The lowest BCUT2D eigenvalue weighted by Crippen LogP contribution is -2.21. The summed E-state index contributed by atoms with van der Waals surface area (Å²) in [6.07, 6.45) is 3.70. The highest BCUT2D eigenvalue weighted by Crippen LogP contribution is 2.31. The Morgan fingerprint density at radius 3 is 3.06 bits per heavy atom. The summed E-state index contributed by atoms with van der Waals surface area (Å²) in [7, 11) is 0. The molecule has 7 heteroatoms. The van der Waals surface area contributed by atoms with Crippen molar-refractivity contribution in [1.29, 1.82) is 0 Å². The molecule has 0 spiro atoms. The molecule has 2 rings (SSSR count). The molecule has 1 saturated carbocycles. The minimum Gasteiger partial charge on any atom is -0.481 e. The first-order valence-electron chi connectivity index (χ1n) is 5.60. The number of carboxylic acids is 1. The van der Waals surface area contributed by atoms with E-state index in [4.69, 9.17) is 5.11 Å². The molecule has 0 aromatic carbocycles. The third-order valence-electron chi connectivity index (χ3n) is 2.90. The van der Waals surface area contributed by atoms with E-state index in [0.29, 0.717) is 16.3 Å². The number of rotatable bonds is 5. The fraction of sp³-hybridized carbons (Fsp3) is 0.700. The number of thioether (sulfide) groups is 1. The second-order valence-corrected chi connectivity index (χ2v) is 6.41. The van der Waals surface area contributed by atoms with Gasteiger partial charge < -0.3 is 10.4 Å². The second kappa shape index (κ2) is 5.68. The fourth-order valence-corrected chi connectivity index (χ4v) is 3.50. The van der Waals surface area contributed by atoms with Crippen molar-refractivity contribution >= 4 is 34.2 Å². The summed E-state index contributed by atoms with van der Waals surface area (Å²) in [5, 5.41) is 20.7. The normalized spacial score (nSPS) is 23.8. The Bertz CT molecular complexity index is 397. The van der Waals surface area contributed by atoms with E-state index in [2.05, 4.69) is 22.4 Å². The summed E-state index contributed by atoms with van der Waals surface area (Å²) in [4.78, 5) is 10.4. The van der Waals surface area contributed by atoms with Gasteiger partial charge in [0.05, 0.1) is 5.75 Å². The molecule has 1 aliphatic rings. The smallest absolute Gasteiger partial charge is 0.313 e. The summed E-state index contributed by atoms with van der Waals surface area (Å²) in [6, 6.07) is 0.486. The Labute approximate surface area is 108 Å². The first-order valence-corrected chi connectivity index (χ1v) is 7.40. The van der Waals surface area contributed by atoms with E-state index in [9.17, 15) is 4.79 Å². The molecule has 0 saturated heterocycles. The molecule has 1 aliphatic carbocycles. The van der Waals surface area contributed by atoms with Crippen molar-refractivity contribution in [1.82, 2.24) is 10.2 Å². The van der Waals surface area contributed by atoms with E-state index in [1.807, 2.05) is 0 Å². The third-order valence-corrected chi connectivity index (χ3v) is 4.87. The lowest BCUT2D eigenvalue weighted by molar-refractivity contribution is -0.133. The molecule has 2 N–H and O–H groups in total. The molecule has 0 radical (unpaired) electrons. The monoisotopic (exact) mass is 273 g/mol. The number of nitrogens with one attached hydrogen (secondary N) is 1. The van der Waals surface area contributed by atoms with Gasteiger partial charge in [-0.1, -0.05) is 36.4 Å². The van der Waals surface area contributed by atoms with Crippen LogP contribution >= 0.6 is 23.1 Å². The van der Waals surface area contributed by atoms with Gasteiger partial charge >= 0.3 is 5.97 Å². The van der Waals surface area contributed by atoms with E-state index in [0.717, 1.165) is 5.13 Å². The number of carboxylic acid groups (broad SMARTS) is 1. The molecule has 2 unspecified atom stereocenters. The van der Waals surface area contributed by atoms with Crippen LogP contribution in [-0.4, -0.2) is 33.1 Å². The Balaban J connectivity index is 1.87. The van der Waals surface area contributed by atoms with Crippen LogP contribution in [0.5, 0.6) is 0 Å². The van der Waals surface area contributed by atoms with Gasteiger partial charge in [0.2, 0.25) is 5.13 Å². The van der Waals surface area contributed by atoms with Crippen LogP contribution in [0.1, 0.15) is 26.2 Å².